The van der Waals surface area contributed by atoms with Crippen LogP contribution in [0, 0.1) is 12.8 Å². The molecule has 1 aromatic rings. The van der Waals surface area contributed by atoms with Crippen LogP contribution in [0.3, 0.4) is 0 Å². The van der Waals surface area contributed by atoms with E-state index in [1.54, 1.807) is 7.11 Å². The highest BCUT2D eigenvalue weighted by molar-refractivity contribution is 5.09. The largest absolute Gasteiger partial charge is 0.383 e. The molecule has 0 radical (unpaired) electrons. The highest BCUT2D eigenvalue weighted by Gasteiger charge is 2.08. The second-order valence-electron chi connectivity index (χ2n) is 4.60. The predicted molar refractivity (Wildman–Crippen MR) is 70.3 cm³/mol. The van der Waals surface area contributed by atoms with Crippen LogP contribution in [0.5, 0.6) is 0 Å². The Kier molecular flexibility index (Phi) is 6.22. The Hall–Kier alpha value is -0.870. The predicted octanol–water partition coefficient (Wildman–Crippen LogP) is 1.63. The van der Waals surface area contributed by atoms with Crippen LogP contribution in [0.15, 0.2) is 6.07 Å². The van der Waals surface area contributed by atoms with Crippen LogP contribution in [0.1, 0.15) is 25.2 Å². The Morgan fingerprint density at radius 1 is 1.53 bits per heavy atom. The van der Waals surface area contributed by atoms with Gasteiger partial charge in [-0.2, -0.15) is 5.10 Å². The molecule has 1 heterocycles. The van der Waals surface area contributed by atoms with Crippen molar-refractivity contribution in [2.75, 3.05) is 26.8 Å². The number of ether oxygens (including phenoxy) is 1. The normalized spacial score (nSPS) is 12.9. The molecule has 4 heteroatoms. The van der Waals surface area contributed by atoms with Crippen molar-refractivity contribution in [1.29, 1.82) is 0 Å². The summed E-state index contributed by atoms with van der Waals surface area (Å²) in [5, 5.41) is 7.86. The zero-order chi connectivity index (χ0) is 12.7. The molecule has 0 bridgehead atoms. The van der Waals surface area contributed by atoms with Crippen LogP contribution in [0.2, 0.25) is 0 Å². The number of aryl methyl sites for hydroxylation is 2. The highest BCUT2D eigenvalue weighted by atomic mass is 16.5. The maximum absolute atomic E-state index is 5.01. The molecule has 98 valence electrons. The van der Waals surface area contributed by atoms with Crippen molar-refractivity contribution in [2.45, 2.75) is 33.7 Å². The molecule has 1 N–H and O–H groups in total. The molecule has 17 heavy (non-hydrogen) atoms. The monoisotopic (exact) mass is 239 g/mol. The summed E-state index contributed by atoms with van der Waals surface area (Å²) in [6.45, 7) is 10.1. The maximum atomic E-state index is 5.01. The molecule has 1 unspecified atom stereocenters. The average Bonchev–Trinajstić information content (AvgIpc) is 2.65. The van der Waals surface area contributed by atoms with Crippen LogP contribution in [0.25, 0.3) is 0 Å². The zero-order valence-corrected chi connectivity index (χ0v) is 11.5. The molecule has 0 aliphatic rings. The third-order valence-corrected chi connectivity index (χ3v) is 2.82. The molecule has 0 aliphatic carbocycles. The second kappa shape index (κ2) is 7.45. The van der Waals surface area contributed by atoms with E-state index in [0.29, 0.717) is 5.92 Å². The summed E-state index contributed by atoms with van der Waals surface area (Å²) in [5.41, 5.74) is 2.45. The summed E-state index contributed by atoms with van der Waals surface area (Å²) in [7, 11) is 1.73. The van der Waals surface area contributed by atoms with Gasteiger partial charge in [-0.15, -0.1) is 0 Å². The van der Waals surface area contributed by atoms with Crippen molar-refractivity contribution < 1.29 is 4.74 Å². The summed E-state index contributed by atoms with van der Waals surface area (Å²) in [6.07, 6.45) is 1.08. The molecule has 0 aromatic carbocycles. The lowest BCUT2D eigenvalue weighted by atomic mass is 10.1. The molecule has 0 amide bonds. The third-order valence-electron chi connectivity index (χ3n) is 2.82. The van der Waals surface area contributed by atoms with Crippen molar-refractivity contribution in [2.24, 2.45) is 5.92 Å². The number of hydrogen-bond acceptors (Lipinski definition) is 3. The van der Waals surface area contributed by atoms with Gasteiger partial charge in [0.1, 0.15) is 0 Å². The second-order valence-corrected chi connectivity index (χ2v) is 4.60. The van der Waals surface area contributed by atoms with Crippen molar-refractivity contribution in [3.8, 4) is 0 Å². The summed E-state index contributed by atoms with van der Waals surface area (Å²) in [6, 6.07) is 2.19. The summed E-state index contributed by atoms with van der Waals surface area (Å²) >= 11 is 0. The van der Waals surface area contributed by atoms with E-state index in [2.05, 4.69) is 41.9 Å². The van der Waals surface area contributed by atoms with Crippen molar-refractivity contribution >= 4 is 0 Å². The fourth-order valence-corrected chi connectivity index (χ4v) is 1.99. The van der Waals surface area contributed by atoms with Gasteiger partial charge in [0, 0.05) is 25.9 Å². The first-order valence-corrected chi connectivity index (χ1v) is 6.40. The first-order chi connectivity index (χ1) is 8.17. The van der Waals surface area contributed by atoms with Gasteiger partial charge in [-0.05, 0) is 38.8 Å². The molecule has 1 rings (SSSR count). The van der Waals surface area contributed by atoms with Gasteiger partial charge in [0.15, 0.2) is 0 Å². The lowest BCUT2D eigenvalue weighted by molar-refractivity contribution is 0.198. The van der Waals surface area contributed by atoms with E-state index in [-0.39, 0.29) is 0 Å². The molecule has 0 aliphatic heterocycles. The Labute approximate surface area is 104 Å². The SMILES string of the molecule is CCn1nc(C)cc1CC(C)CNCCOC. The molecule has 0 saturated heterocycles. The summed E-state index contributed by atoms with van der Waals surface area (Å²) in [4.78, 5) is 0. The van der Waals surface area contributed by atoms with Gasteiger partial charge in [0.25, 0.3) is 0 Å². The topological polar surface area (TPSA) is 39.1 Å². The van der Waals surface area contributed by atoms with Gasteiger partial charge in [-0.25, -0.2) is 0 Å². The third kappa shape index (κ3) is 4.88. The van der Waals surface area contributed by atoms with Gasteiger partial charge in [0.05, 0.1) is 12.3 Å². The van der Waals surface area contributed by atoms with Gasteiger partial charge < -0.3 is 10.1 Å². The van der Waals surface area contributed by atoms with E-state index < -0.39 is 0 Å². The zero-order valence-electron chi connectivity index (χ0n) is 11.5. The van der Waals surface area contributed by atoms with Crippen LogP contribution in [-0.4, -0.2) is 36.6 Å². The number of hydrogen-bond donors (Lipinski definition) is 1. The number of nitrogens with zero attached hydrogens (tertiary/aromatic N) is 2. The quantitative estimate of drug-likeness (QED) is 0.701. The van der Waals surface area contributed by atoms with E-state index in [4.69, 9.17) is 4.74 Å². The first-order valence-electron chi connectivity index (χ1n) is 6.40. The van der Waals surface area contributed by atoms with Crippen LogP contribution in [-0.2, 0) is 17.7 Å². The van der Waals surface area contributed by atoms with Gasteiger partial charge in [-0.3, -0.25) is 4.68 Å². The van der Waals surface area contributed by atoms with Gasteiger partial charge in [-0.1, -0.05) is 6.92 Å². The number of rotatable bonds is 8. The number of nitrogens with one attached hydrogen (secondary N) is 1. The minimum Gasteiger partial charge on any atom is -0.383 e. The lowest BCUT2D eigenvalue weighted by Gasteiger charge is -2.13. The van der Waals surface area contributed by atoms with E-state index >= 15 is 0 Å². The minimum absolute atomic E-state index is 0.619. The van der Waals surface area contributed by atoms with Crippen LogP contribution >= 0.6 is 0 Å². The first kappa shape index (κ1) is 14.2. The van der Waals surface area contributed by atoms with Crippen molar-refractivity contribution in [3.05, 3.63) is 17.5 Å². The van der Waals surface area contributed by atoms with Crippen molar-refractivity contribution in [3.63, 3.8) is 0 Å². The molecule has 1 atom stereocenters. The van der Waals surface area contributed by atoms with E-state index in [1.165, 1.54) is 5.69 Å². The van der Waals surface area contributed by atoms with E-state index in [9.17, 15) is 0 Å². The number of methoxy groups -OCH3 is 1. The number of aromatic nitrogens is 2. The van der Waals surface area contributed by atoms with Gasteiger partial charge >= 0.3 is 0 Å². The molecule has 1 aromatic heterocycles. The Morgan fingerprint density at radius 2 is 2.29 bits per heavy atom. The summed E-state index contributed by atoms with van der Waals surface area (Å²) in [5.74, 6) is 0.619. The highest BCUT2D eigenvalue weighted by Crippen LogP contribution is 2.10. The Bertz CT molecular complexity index is 322. The van der Waals surface area contributed by atoms with Crippen molar-refractivity contribution in [1.82, 2.24) is 15.1 Å². The molecule has 4 nitrogen and oxygen atoms in total. The molecular formula is C13H25N3O. The fourth-order valence-electron chi connectivity index (χ4n) is 1.99. The van der Waals surface area contributed by atoms with Crippen LogP contribution < -0.4 is 5.32 Å². The Balaban J connectivity index is 2.36. The van der Waals surface area contributed by atoms with E-state index in [1.807, 2.05) is 0 Å². The molecule has 0 fully saturated rings. The van der Waals surface area contributed by atoms with E-state index in [0.717, 1.165) is 38.4 Å². The molecule has 0 saturated carbocycles. The van der Waals surface area contributed by atoms with Crippen LogP contribution in [0.4, 0.5) is 0 Å². The molecule has 0 spiro atoms. The Morgan fingerprint density at radius 3 is 2.94 bits per heavy atom. The molecular weight excluding hydrogens is 214 g/mol. The fraction of sp³-hybridized carbons (Fsp3) is 0.769. The standard InChI is InChI=1S/C13H25N3O/c1-5-16-13(9-12(3)15-16)8-11(2)10-14-6-7-17-4/h9,11,14H,5-8,10H2,1-4H3. The lowest BCUT2D eigenvalue weighted by Crippen LogP contribution is -2.26. The van der Waals surface area contributed by atoms with Gasteiger partial charge in [0.2, 0.25) is 0 Å². The average molecular weight is 239 g/mol. The minimum atomic E-state index is 0.619. The summed E-state index contributed by atoms with van der Waals surface area (Å²) < 4.78 is 7.10. The maximum Gasteiger partial charge on any atom is 0.0596 e. The smallest absolute Gasteiger partial charge is 0.0596 e.